The van der Waals surface area contributed by atoms with Crippen molar-refractivity contribution in [3.63, 3.8) is 0 Å². The Bertz CT molecular complexity index is 1750. The van der Waals surface area contributed by atoms with Crippen molar-refractivity contribution in [1.29, 1.82) is 0 Å². The fourth-order valence-corrected chi connectivity index (χ4v) is 9.56. The molecule has 0 spiro atoms. The van der Waals surface area contributed by atoms with Gasteiger partial charge in [0.15, 0.2) is 29.4 Å². The van der Waals surface area contributed by atoms with Gasteiger partial charge in [-0.2, -0.15) is 8.42 Å². The molecule has 0 saturated carbocycles. The minimum absolute atomic E-state index is 0.0146. The monoisotopic (exact) mass is 698 g/mol. The lowest BCUT2D eigenvalue weighted by Gasteiger charge is -2.07. The molecule has 3 nitrogen and oxygen atoms in total. The Morgan fingerprint density at radius 1 is 0.347 bits per heavy atom. The van der Waals surface area contributed by atoms with E-state index in [-0.39, 0.29) is 26.7 Å². The van der Waals surface area contributed by atoms with Crippen molar-refractivity contribution in [2.45, 2.75) is 41.2 Å². The van der Waals surface area contributed by atoms with Crippen molar-refractivity contribution >= 4 is 31.9 Å². The first kappa shape index (κ1) is 35.5. The summed E-state index contributed by atoms with van der Waals surface area (Å²) < 4.78 is 29.6. The molecule has 0 bridgehead atoms. The lowest BCUT2D eigenvalue weighted by atomic mass is 10.2. The summed E-state index contributed by atoms with van der Waals surface area (Å²) in [5, 5.41) is 0. The number of hydrogen-bond donors (Lipinski definition) is 1. The molecular weight excluding hydrogens is 661 g/mol. The first-order chi connectivity index (χ1) is 23.9. The average molecular weight is 699 g/mol. The van der Waals surface area contributed by atoms with Crippen LogP contribution < -0.4 is 0 Å². The van der Waals surface area contributed by atoms with Gasteiger partial charge in [-0.25, -0.2) is 0 Å². The van der Waals surface area contributed by atoms with Crippen molar-refractivity contribution in [3.05, 3.63) is 212 Å². The van der Waals surface area contributed by atoms with Gasteiger partial charge in [-0.3, -0.25) is 4.55 Å². The fraction of sp³-hybridized carbons (Fsp3) is 0.0233. The van der Waals surface area contributed by atoms with E-state index < -0.39 is 10.1 Å². The average Bonchev–Trinajstić information content (AvgIpc) is 3.15. The highest BCUT2D eigenvalue weighted by Crippen LogP contribution is 2.31. The van der Waals surface area contributed by atoms with E-state index in [1.807, 2.05) is 6.92 Å². The maximum absolute atomic E-state index is 10.5. The zero-order valence-corrected chi connectivity index (χ0v) is 29.6. The maximum atomic E-state index is 10.5. The molecule has 0 fully saturated rings. The van der Waals surface area contributed by atoms with Gasteiger partial charge < -0.3 is 0 Å². The van der Waals surface area contributed by atoms with Gasteiger partial charge >= 0.3 is 0 Å². The molecule has 0 radical (unpaired) electrons. The molecule has 0 aliphatic heterocycles. The second-order valence-electron chi connectivity index (χ2n) is 10.8. The standard InChI is InChI=1S/2C18H15S.C7H8O3S/c2*1-4-10-16(11-5-1)19(17-12-6-2-7-13-17)18-14-8-3-9-15-18;1-6-2-4-7(5-3-6)11(8,9)10/h2*1-15H;2-5H,1H3,(H,8,9,10)/q2*+1;. The number of rotatable bonds is 7. The second kappa shape index (κ2) is 18.1. The maximum Gasteiger partial charge on any atom is 0.294 e. The molecule has 0 aliphatic rings. The minimum Gasteiger partial charge on any atom is -0.282 e. The van der Waals surface area contributed by atoms with E-state index >= 15 is 0 Å². The quantitative estimate of drug-likeness (QED) is 0.133. The van der Waals surface area contributed by atoms with Gasteiger partial charge in [-0.15, -0.1) is 0 Å². The van der Waals surface area contributed by atoms with Crippen LogP contribution in [0.15, 0.2) is 241 Å². The van der Waals surface area contributed by atoms with E-state index in [4.69, 9.17) is 4.55 Å². The number of benzene rings is 7. The Morgan fingerprint density at radius 3 is 0.735 bits per heavy atom. The molecule has 0 amide bonds. The van der Waals surface area contributed by atoms with Gasteiger partial charge in [0.05, 0.1) is 26.7 Å². The fourth-order valence-electron chi connectivity index (χ4n) is 4.87. The molecule has 7 aromatic rings. The molecule has 0 aromatic heterocycles. The topological polar surface area (TPSA) is 54.4 Å². The predicted octanol–water partition coefficient (Wildman–Crippen LogP) is 10.8. The van der Waals surface area contributed by atoms with Crippen molar-refractivity contribution in [3.8, 4) is 0 Å². The van der Waals surface area contributed by atoms with Crippen LogP contribution in [0.3, 0.4) is 0 Å². The van der Waals surface area contributed by atoms with E-state index in [1.165, 1.54) is 41.5 Å². The third-order valence-electron chi connectivity index (χ3n) is 7.19. The smallest absolute Gasteiger partial charge is 0.282 e. The van der Waals surface area contributed by atoms with E-state index in [0.717, 1.165) is 5.56 Å². The Labute approximate surface area is 296 Å². The van der Waals surface area contributed by atoms with Crippen LogP contribution >= 0.6 is 0 Å². The lowest BCUT2D eigenvalue weighted by molar-refractivity contribution is 0.483. The molecule has 1 N–H and O–H groups in total. The summed E-state index contributed by atoms with van der Waals surface area (Å²) in [6, 6.07) is 70.3. The highest BCUT2D eigenvalue weighted by molar-refractivity contribution is 7.97. The third kappa shape index (κ3) is 10.6. The molecule has 244 valence electrons. The van der Waals surface area contributed by atoms with Crippen LogP contribution in [0.5, 0.6) is 0 Å². The minimum atomic E-state index is -4.02. The van der Waals surface area contributed by atoms with E-state index in [9.17, 15) is 8.42 Å². The number of aryl methyl sites for hydroxylation is 1. The van der Waals surface area contributed by atoms with Gasteiger partial charge in [0.25, 0.3) is 10.1 Å². The zero-order chi connectivity index (χ0) is 34.3. The van der Waals surface area contributed by atoms with Crippen molar-refractivity contribution in [2.24, 2.45) is 0 Å². The number of hydrogen-bond acceptors (Lipinski definition) is 2. The molecule has 6 heteroatoms. The second-order valence-corrected chi connectivity index (χ2v) is 16.3. The first-order valence-corrected chi connectivity index (χ1v) is 19.6. The van der Waals surface area contributed by atoms with Crippen LogP contribution in [0.25, 0.3) is 0 Å². The summed E-state index contributed by atoms with van der Waals surface area (Å²) in [4.78, 5) is 8.10. The SMILES string of the molecule is Cc1ccc(S(=O)(=O)O)cc1.c1ccc([S+](c2ccccc2)c2ccccc2)cc1.c1ccc([S+](c2ccccc2)c2ccccc2)cc1. The zero-order valence-electron chi connectivity index (χ0n) is 27.1. The van der Waals surface area contributed by atoms with Crippen molar-refractivity contribution < 1.29 is 13.0 Å². The van der Waals surface area contributed by atoms with Gasteiger partial charge in [-0.1, -0.05) is 127 Å². The van der Waals surface area contributed by atoms with Gasteiger partial charge in [0.1, 0.15) is 0 Å². The lowest BCUT2D eigenvalue weighted by Crippen LogP contribution is -2.04. The summed E-state index contributed by atoms with van der Waals surface area (Å²) >= 11 is 0. The highest BCUT2D eigenvalue weighted by atomic mass is 32.2. The summed E-state index contributed by atoms with van der Waals surface area (Å²) in [5.74, 6) is 0. The van der Waals surface area contributed by atoms with Crippen LogP contribution in [-0.2, 0) is 31.9 Å². The highest BCUT2D eigenvalue weighted by Gasteiger charge is 2.28. The van der Waals surface area contributed by atoms with Crippen LogP contribution in [0.4, 0.5) is 0 Å². The molecule has 0 heterocycles. The normalized spacial score (nSPS) is 10.8. The van der Waals surface area contributed by atoms with Crippen LogP contribution in [0.1, 0.15) is 5.56 Å². The molecule has 49 heavy (non-hydrogen) atoms. The van der Waals surface area contributed by atoms with Crippen LogP contribution in [-0.4, -0.2) is 13.0 Å². The van der Waals surface area contributed by atoms with Crippen LogP contribution in [0, 0.1) is 6.92 Å². The Balaban J connectivity index is 0.000000149. The summed E-state index contributed by atoms with van der Waals surface area (Å²) in [6.45, 7) is 1.84. The summed E-state index contributed by atoms with van der Waals surface area (Å²) in [7, 11) is -4.05. The van der Waals surface area contributed by atoms with E-state index in [0.29, 0.717) is 0 Å². The molecular formula is C43H38O3S3+2. The van der Waals surface area contributed by atoms with Crippen molar-refractivity contribution in [1.82, 2.24) is 0 Å². The Morgan fingerprint density at radius 2 is 0.551 bits per heavy atom. The summed E-state index contributed by atoms with van der Waals surface area (Å²) in [5.41, 5.74) is 0.956. The molecule has 7 rings (SSSR count). The molecule has 0 atom stereocenters. The summed E-state index contributed by atoms with van der Waals surface area (Å²) in [6.07, 6.45) is 0. The van der Waals surface area contributed by atoms with E-state index in [1.54, 1.807) is 12.1 Å². The molecule has 0 aliphatic carbocycles. The Hall–Kier alpha value is -4.85. The van der Waals surface area contributed by atoms with Gasteiger partial charge in [0, 0.05) is 0 Å². The van der Waals surface area contributed by atoms with Gasteiger partial charge in [-0.05, 0) is 91.9 Å². The Kier molecular flexibility index (Phi) is 13.1. The molecule has 0 saturated heterocycles. The first-order valence-electron chi connectivity index (χ1n) is 15.7. The van der Waals surface area contributed by atoms with E-state index in [2.05, 4.69) is 182 Å². The molecule has 0 unspecified atom stereocenters. The van der Waals surface area contributed by atoms with Gasteiger partial charge in [0.2, 0.25) is 0 Å². The largest absolute Gasteiger partial charge is 0.294 e. The third-order valence-corrected chi connectivity index (χ3v) is 12.5. The molecule has 7 aromatic carbocycles. The van der Waals surface area contributed by atoms with Crippen LogP contribution in [0.2, 0.25) is 0 Å². The van der Waals surface area contributed by atoms with Crippen molar-refractivity contribution in [2.75, 3.05) is 0 Å². The predicted molar refractivity (Wildman–Crippen MR) is 204 cm³/mol.